The van der Waals surface area contributed by atoms with E-state index in [0.29, 0.717) is 17.0 Å². The molecule has 1 heterocycles. The van der Waals surface area contributed by atoms with Crippen LogP contribution in [0, 0.1) is 0 Å². The van der Waals surface area contributed by atoms with E-state index in [1.807, 2.05) is 0 Å². The molecule has 0 spiro atoms. The molecule has 0 saturated carbocycles. The Kier molecular flexibility index (Phi) is 8.31. The summed E-state index contributed by atoms with van der Waals surface area (Å²) in [7, 11) is 0. The fourth-order valence-corrected chi connectivity index (χ4v) is 4.38. The van der Waals surface area contributed by atoms with Crippen molar-refractivity contribution in [2.45, 2.75) is 57.5 Å². The fourth-order valence-electron chi connectivity index (χ4n) is 3.17. The lowest BCUT2D eigenvalue weighted by Gasteiger charge is -2.43. The Balaban J connectivity index is 3.08. The Bertz CT molecular complexity index is 472. The monoisotopic (exact) mass is 338 g/mol. The highest BCUT2D eigenvalue weighted by Crippen LogP contribution is 2.41. The van der Waals surface area contributed by atoms with Crippen molar-refractivity contribution in [3.05, 3.63) is 48.2 Å². The van der Waals surface area contributed by atoms with E-state index < -0.39 is 0 Å². The molecule has 1 aliphatic rings. The molecule has 0 aromatic rings. The van der Waals surface area contributed by atoms with Crippen LogP contribution in [0.25, 0.3) is 0 Å². The van der Waals surface area contributed by atoms with Crippen LogP contribution in [-0.4, -0.2) is 34.9 Å². The van der Waals surface area contributed by atoms with Gasteiger partial charge in [0, 0.05) is 17.0 Å². The fraction of sp³-hybridized carbons (Fsp3) is 0.579. The van der Waals surface area contributed by atoms with Gasteiger partial charge in [0.2, 0.25) is 0 Å². The maximum absolute atomic E-state index is 14.1. The van der Waals surface area contributed by atoms with Gasteiger partial charge in [-0.2, -0.15) is 0 Å². The molecule has 2 nitrogen and oxygen atoms in total. The number of thioether (sulfide) groups is 1. The van der Waals surface area contributed by atoms with Crippen LogP contribution in [0.1, 0.15) is 40.5 Å². The van der Waals surface area contributed by atoms with E-state index in [1.165, 1.54) is 23.9 Å². The molecule has 0 radical (unpaired) electrons. The molecule has 1 aliphatic heterocycles. The summed E-state index contributed by atoms with van der Waals surface area (Å²) in [6.07, 6.45) is 9.26. The smallest absolute Gasteiger partial charge is 0.136 e. The molecule has 23 heavy (non-hydrogen) atoms. The predicted octanol–water partition coefficient (Wildman–Crippen LogP) is 5.03. The Morgan fingerprint density at radius 1 is 1.48 bits per heavy atom. The van der Waals surface area contributed by atoms with Gasteiger partial charge < -0.3 is 5.32 Å². The van der Waals surface area contributed by atoms with Crippen LogP contribution in [0.3, 0.4) is 0 Å². The maximum Gasteiger partial charge on any atom is 0.136 e. The highest BCUT2D eigenvalue weighted by Gasteiger charge is 2.39. The first-order chi connectivity index (χ1) is 10.9. The zero-order valence-corrected chi connectivity index (χ0v) is 15.8. The van der Waals surface area contributed by atoms with Gasteiger partial charge in [0.1, 0.15) is 5.83 Å². The predicted molar refractivity (Wildman–Crippen MR) is 102 cm³/mol. The van der Waals surface area contributed by atoms with Gasteiger partial charge in [-0.05, 0) is 45.9 Å². The molecule has 0 aromatic carbocycles. The van der Waals surface area contributed by atoms with Gasteiger partial charge in [-0.3, -0.25) is 4.90 Å². The zero-order valence-electron chi connectivity index (χ0n) is 14.9. The Morgan fingerprint density at radius 2 is 2.17 bits per heavy atom. The molecular weight excluding hydrogens is 307 g/mol. The lowest BCUT2D eigenvalue weighted by molar-refractivity contribution is 0.149. The van der Waals surface area contributed by atoms with Gasteiger partial charge in [-0.25, -0.2) is 4.39 Å². The van der Waals surface area contributed by atoms with Crippen LogP contribution in [-0.2, 0) is 0 Å². The summed E-state index contributed by atoms with van der Waals surface area (Å²) in [5.41, 5.74) is 0. The molecule has 4 heteroatoms. The number of hydrogen-bond acceptors (Lipinski definition) is 3. The molecule has 130 valence electrons. The summed E-state index contributed by atoms with van der Waals surface area (Å²) >= 11 is 1.48. The summed E-state index contributed by atoms with van der Waals surface area (Å²) in [4.78, 5) is 2.59. The first-order valence-corrected chi connectivity index (χ1v) is 9.25. The molecule has 1 N–H and O–H groups in total. The molecule has 3 atom stereocenters. The van der Waals surface area contributed by atoms with Crippen molar-refractivity contribution in [1.29, 1.82) is 0 Å². The second kappa shape index (κ2) is 9.45. The lowest BCUT2D eigenvalue weighted by Crippen LogP contribution is -2.52. The van der Waals surface area contributed by atoms with Crippen molar-refractivity contribution < 1.29 is 4.39 Å². The zero-order chi connectivity index (χ0) is 17.5. The minimum atomic E-state index is -0.320. The minimum Gasteiger partial charge on any atom is -0.313 e. The van der Waals surface area contributed by atoms with Crippen molar-refractivity contribution in [2.75, 3.05) is 13.1 Å². The van der Waals surface area contributed by atoms with Crippen LogP contribution < -0.4 is 5.32 Å². The highest BCUT2D eigenvalue weighted by molar-refractivity contribution is 8.04. The summed E-state index contributed by atoms with van der Waals surface area (Å²) in [5.74, 6) is -0.310. The quantitative estimate of drug-likeness (QED) is 0.361. The van der Waals surface area contributed by atoms with Crippen LogP contribution in [0.5, 0.6) is 0 Å². The number of allylic oxidation sites excluding steroid dienone is 4. The number of hydrogen-bond donors (Lipinski definition) is 1. The highest BCUT2D eigenvalue weighted by atomic mass is 32.2. The Morgan fingerprint density at radius 3 is 2.65 bits per heavy atom. The molecule has 0 aliphatic carbocycles. The topological polar surface area (TPSA) is 15.3 Å². The number of halogens is 1. The Labute approximate surface area is 145 Å². The Hall–Kier alpha value is -0.840. The van der Waals surface area contributed by atoms with Gasteiger partial charge >= 0.3 is 0 Å². The third-order valence-corrected chi connectivity index (χ3v) is 5.54. The van der Waals surface area contributed by atoms with Crippen molar-refractivity contribution in [3.8, 4) is 0 Å². The summed E-state index contributed by atoms with van der Waals surface area (Å²) in [5, 5.41) is 3.51. The first-order valence-electron chi connectivity index (χ1n) is 8.43. The standard InChI is InChI=1S/C19H31FN2S/c1-7-10-13-19(6,23-16(5)17(20)11-8-2)22(9-3)18-12-14-21-15(18)4/h8,10-11,13,15,18,21H,2,5,7,9,12,14H2,1,3-4,6H3/b13-10-,17-11+. The molecule has 0 bridgehead atoms. The minimum absolute atomic E-state index is 0.310. The van der Waals surface area contributed by atoms with E-state index in [0.717, 1.165) is 25.9 Å². The summed E-state index contributed by atoms with van der Waals surface area (Å²) in [6, 6.07) is 0.880. The van der Waals surface area contributed by atoms with Crippen molar-refractivity contribution in [3.63, 3.8) is 0 Å². The lowest BCUT2D eigenvalue weighted by atomic mass is 10.1. The van der Waals surface area contributed by atoms with E-state index >= 15 is 0 Å². The van der Waals surface area contributed by atoms with Gasteiger partial charge in [-0.1, -0.05) is 57.0 Å². The van der Waals surface area contributed by atoms with Crippen LogP contribution in [0.15, 0.2) is 48.2 Å². The summed E-state index contributed by atoms with van der Waals surface area (Å²) < 4.78 is 14.1. The third kappa shape index (κ3) is 5.33. The van der Waals surface area contributed by atoms with Crippen LogP contribution in [0.4, 0.5) is 4.39 Å². The second-order valence-electron chi connectivity index (χ2n) is 6.03. The molecular formula is C19H31FN2S. The number of nitrogens with one attached hydrogen (secondary N) is 1. The van der Waals surface area contributed by atoms with Gasteiger partial charge in [0.05, 0.1) is 4.87 Å². The van der Waals surface area contributed by atoms with Gasteiger partial charge in [0.25, 0.3) is 0 Å². The van der Waals surface area contributed by atoms with Crippen LogP contribution in [0.2, 0.25) is 0 Å². The maximum atomic E-state index is 14.1. The SMILES string of the molecule is C=C/C=C(/F)C(=C)SC(C)(/C=C\CC)N(CC)C1CCNC1C. The van der Waals surface area contributed by atoms with Gasteiger partial charge in [-0.15, -0.1) is 0 Å². The van der Waals surface area contributed by atoms with E-state index in [-0.39, 0.29) is 10.7 Å². The largest absolute Gasteiger partial charge is 0.313 e. The van der Waals surface area contributed by atoms with Crippen molar-refractivity contribution in [1.82, 2.24) is 10.2 Å². The molecule has 0 aromatic heterocycles. The first kappa shape index (κ1) is 20.2. The molecule has 1 rings (SSSR count). The van der Waals surface area contributed by atoms with E-state index in [9.17, 15) is 4.39 Å². The third-order valence-electron chi connectivity index (χ3n) is 4.32. The average Bonchev–Trinajstić information content (AvgIpc) is 2.92. The van der Waals surface area contributed by atoms with Crippen molar-refractivity contribution in [2.24, 2.45) is 0 Å². The van der Waals surface area contributed by atoms with Gasteiger partial charge in [0.15, 0.2) is 0 Å². The number of likely N-dealkylation sites (N-methyl/N-ethyl adjacent to an activating group) is 1. The van der Waals surface area contributed by atoms with Crippen molar-refractivity contribution >= 4 is 11.8 Å². The van der Waals surface area contributed by atoms with E-state index in [4.69, 9.17) is 0 Å². The molecule has 1 saturated heterocycles. The normalized spacial score (nSPS) is 25.0. The van der Waals surface area contributed by atoms with E-state index in [1.54, 1.807) is 0 Å². The summed E-state index contributed by atoms with van der Waals surface area (Å²) in [6.45, 7) is 18.1. The molecule has 0 amide bonds. The second-order valence-corrected chi connectivity index (χ2v) is 7.55. The van der Waals surface area contributed by atoms with Crippen LogP contribution >= 0.6 is 11.8 Å². The number of nitrogens with zero attached hydrogens (tertiary/aromatic N) is 1. The number of rotatable bonds is 9. The molecule has 3 unspecified atom stereocenters. The molecule has 1 fully saturated rings. The average molecular weight is 339 g/mol. The van der Waals surface area contributed by atoms with E-state index in [2.05, 4.69) is 63.2 Å².